The molecule has 8 heteroatoms. The molecule has 1 saturated carbocycles. The molecule has 2 aliphatic heterocycles. The number of urea groups is 1. The van der Waals surface area contributed by atoms with E-state index in [1.807, 2.05) is 23.1 Å². The molecule has 1 aliphatic carbocycles. The molecule has 2 atom stereocenters. The summed E-state index contributed by atoms with van der Waals surface area (Å²) in [6.45, 7) is 2.66. The van der Waals surface area contributed by atoms with Gasteiger partial charge >= 0.3 is 6.03 Å². The molecule has 0 aromatic heterocycles. The predicted molar refractivity (Wildman–Crippen MR) is 145 cm³/mol. The molecule has 5 rings (SSSR count). The van der Waals surface area contributed by atoms with E-state index in [1.54, 1.807) is 34.1 Å². The maximum atomic E-state index is 13.9. The molecule has 200 valence electrons. The number of carbonyl (C=O) groups is 4. The number of benzene rings is 2. The van der Waals surface area contributed by atoms with Gasteiger partial charge in [-0.25, -0.2) is 4.79 Å². The van der Waals surface area contributed by atoms with Crippen molar-refractivity contribution in [2.24, 2.45) is 5.92 Å². The normalized spacial score (nSPS) is 22.3. The first kappa shape index (κ1) is 25.9. The minimum Gasteiger partial charge on any atom is -0.337 e. The maximum absolute atomic E-state index is 13.9. The monoisotopic (exact) mass is 516 g/mol. The van der Waals surface area contributed by atoms with Gasteiger partial charge in [0.2, 0.25) is 11.8 Å². The van der Waals surface area contributed by atoms with Crippen LogP contribution in [0.25, 0.3) is 0 Å². The van der Waals surface area contributed by atoms with Crippen molar-refractivity contribution in [2.45, 2.75) is 64.1 Å². The largest absolute Gasteiger partial charge is 0.337 e. The molecule has 3 fully saturated rings. The van der Waals surface area contributed by atoms with Gasteiger partial charge in [0.05, 0.1) is 6.54 Å². The van der Waals surface area contributed by atoms with Gasteiger partial charge in [0, 0.05) is 30.8 Å². The number of ketones is 1. The van der Waals surface area contributed by atoms with Crippen LogP contribution in [-0.2, 0) is 16.0 Å². The van der Waals surface area contributed by atoms with E-state index in [1.165, 1.54) is 6.92 Å². The Morgan fingerprint density at radius 2 is 1.66 bits per heavy atom. The van der Waals surface area contributed by atoms with Crippen LogP contribution in [0.3, 0.4) is 0 Å². The molecule has 1 N–H and O–H groups in total. The van der Waals surface area contributed by atoms with Crippen LogP contribution in [0.1, 0.15) is 61.4 Å². The molecule has 0 unspecified atom stereocenters. The summed E-state index contributed by atoms with van der Waals surface area (Å²) in [6, 6.07) is 16.0. The van der Waals surface area contributed by atoms with Crippen LogP contribution in [0.2, 0.25) is 0 Å². The van der Waals surface area contributed by atoms with E-state index in [-0.39, 0.29) is 36.0 Å². The second kappa shape index (κ2) is 11.4. The van der Waals surface area contributed by atoms with Crippen LogP contribution in [0.4, 0.5) is 10.5 Å². The first-order valence-electron chi connectivity index (χ1n) is 13.7. The Bertz CT molecular complexity index is 1180. The van der Waals surface area contributed by atoms with Gasteiger partial charge < -0.3 is 20.0 Å². The molecule has 4 amide bonds. The number of nitrogens with one attached hydrogen (secondary N) is 1. The summed E-state index contributed by atoms with van der Waals surface area (Å²) in [5.74, 6) is 0.0460. The summed E-state index contributed by atoms with van der Waals surface area (Å²) < 4.78 is 0. The number of carbonyl (C=O) groups excluding carboxylic acids is 4. The summed E-state index contributed by atoms with van der Waals surface area (Å²) >= 11 is 0. The smallest absolute Gasteiger partial charge is 0.323 e. The first-order valence-corrected chi connectivity index (χ1v) is 13.7. The fourth-order valence-corrected chi connectivity index (χ4v) is 6.14. The van der Waals surface area contributed by atoms with E-state index in [0.717, 1.165) is 44.1 Å². The number of hydrogen-bond donors (Lipinski definition) is 1. The highest BCUT2D eigenvalue weighted by atomic mass is 16.2. The van der Waals surface area contributed by atoms with Gasteiger partial charge in [-0.2, -0.15) is 0 Å². The predicted octanol–water partition coefficient (Wildman–Crippen LogP) is 4.32. The van der Waals surface area contributed by atoms with Crippen LogP contribution in [0.5, 0.6) is 0 Å². The van der Waals surface area contributed by atoms with Gasteiger partial charge in [-0.15, -0.1) is 0 Å². The standard InChI is InChI=1S/C30H36N4O4/c1-21(35)23-12-14-25(15-13-23)31-30(38)33-19-17-27(36)34-26(33)20-32(18-16-22-8-4-2-5-9-22)29(37)28(34)24-10-6-3-7-11-24/h2,4-5,8-9,12-15,24,26,28H,3,6-7,10-11,16-20H2,1H3,(H,31,38)/t26-,28+/m1/s1. The fourth-order valence-electron chi connectivity index (χ4n) is 6.14. The molecule has 2 heterocycles. The third-order valence-electron chi connectivity index (χ3n) is 8.20. The number of fused-ring (bicyclic) bond motifs is 1. The Hall–Kier alpha value is -3.68. The fraction of sp³-hybridized carbons (Fsp3) is 0.467. The van der Waals surface area contributed by atoms with E-state index in [0.29, 0.717) is 30.9 Å². The zero-order valence-electron chi connectivity index (χ0n) is 22.0. The number of rotatable bonds is 6. The molecule has 0 radical (unpaired) electrons. The zero-order valence-corrected chi connectivity index (χ0v) is 22.0. The number of anilines is 1. The van der Waals surface area contributed by atoms with Crippen LogP contribution < -0.4 is 5.32 Å². The van der Waals surface area contributed by atoms with Gasteiger partial charge in [0.25, 0.3) is 0 Å². The third-order valence-corrected chi connectivity index (χ3v) is 8.20. The Balaban J connectivity index is 1.39. The molecule has 2 aromatic rings. The molecule has 2 saturated heterocycles. The quantitative estimate of drug-likeness (QED) is 0.579. The summed E-state index contributed by atoms with van der Waals surface area (Å²) in [4.78, 5) is 57.6. The van der Waals surface area contributed by atoms with E-state index in [4.69, 9.17) is 0 Å². The Morgan fingerprint density at radius 1 is 0.947 bits per heavy atom. The van der Waals surface area contributed by atoms with Crippen LogP contribution in [0, 0.1) is 5.92 Å². The topological polar surface area (TPSA) is 90.0 Å². The van der Waals surface area contributed by atoms with E-state index in [9.17, 15) is 19.2 Å². The summed E-state index contributed by atoms with van der Waals surface area (Å²) in [6.07, 6.45) is 5.55. The average Bonchev–Trinajstić information content (AvgIpc) is 2.93. The van der Waals surface area contributed by atoms with Gasteiger partial charge in [-0.3, -0.25) is 14.4 Å². The molecule has 0 bridgehead atoms. The highest BCUT2D eigenvalue weighted by Gasteiger charge is 2.51. The van der Waals surface area contributed by atoms with Crippen LogP contribution >= 0.6 is 0 Å². The Kier molecular flexibility index (Phi) is 7.77. The number of nitrogens with zero attached hydrogens (tertiary/aromatic N) is 3. The van der Waals surface area contributed by atoms with Crippen molar-refractivity contribution < 1.29 is 19.2 Å². The van der Waals surface area contributed by atoms with Crippen molar-refractivity contribution in [3.8, 4) is 0 Å². The van der Waals surface area contributed by atoms with E-state index >= 15 is 0 Å². The lowest BCUT2D eigenvalue weighted by atomic mass is 9.81. The molecule has 3 aliphatic rings. The number of hydrogen-bond acceptors (Lipinski definition) is 4. The van der Waals surface area contributed by atoms with Crippen molar-refractivity contribution in [3.63, 3.8) is 0 Å². The summed E-state index contributed by atoms with van der Waals surface area (Å²) in [5, 5.41) is 2.94. The number of amides is 4. The Morgan fingerprint density at radius 3 is 2.34 bits per heavy atom. The SMILES string of the molecule is CC(=O)c1ccc(NC(=O)N2CCC(=O)N3[C@@H](C4CCCCC4)C(=O)N(CCc4ccccc4)C[C@H]23)cc1. The second-order valence-corrected chi connectivity index (χ2v) is 10.7. The molecule has 38 heavy (non-hydrogen) atoms. The molecular weight excluding hydrogens is 480 g/mol. The maximum Gasteiger partial charge on any atom is 0.323 e. The highest BCUT2D eigenvalue weighted by Crippen LogP contribution is 2.36. The van der Waals surface area contributed by atoms with E-state index < -0.39 is 12.2 Å². The number of Topliss-reactive ketones (excluding diaryl/α,β-unsaturated/α-hetero) is 1. The molecular formula is C30H36N4O4. The van der Waals surface area contributed by atoms with Crippen molar-refractivity contribution in [1.82, 2.24) is 14.7 Å². The van der Waals surface area contributed by atoms with Crippen molar-refractivity contribution in [2.75, 3.05) is 25.0 Å². The average molecular weight is 517 g/mol. The number of piperazine rings is 1. The van der Waals surface area contributed by atoms with Crippen LogP contribution in [0.15, 0.2) is 54.6 Å². The van der Waals surface area contributed by atoms with Gasteiger partial charge in [-0.1, -0.05) is 49.6 Å². The zero-order chi connectivity index (χ0) is 26.6. The van der Waals surface area contributed by atoms with Crippen molar-refractivity contribution >= 4 is 29.3 Å². The van der Waals surface area contributed by atoms with Gasteiger partial charge in [0.15, 0.2) is 5.78 Å². The summed E-state index contributed by atoms with van der Waals surface area (Å²) in [5.41, 5.74) is 2.31. The minimum absolute atomic E-state index is 0.0134. The minimum atomic E-state index is -0.525. The van der Waals surface area contributed by atoms with Crippen LogP contribution in [-0.4, -0.2) is 70.2 Å². The third kappa shape index (κ3) is 5.44. The molecule has 0 spiro atoms. The lowest BCUT2D eigenvalue weighted by Gasteiger charge is -2.54. The Labute approximate surface area is 224 Å². The lowest BCUT2D eigenvalue weighted by Crippen LogP contribution is -2.73. The first-order chi connectivity index (χ1) is 18.4. The van der Waals surface area contributed by atoms with Crippen molar-refractivity contribution in [3.05, 3.63) is 65.7 Å². The second-order valence-electron chi connectivity index (χ2n) is 10.7. The molecule has 2 aromatic carbocycles. The van der Waals surface area contributed by atoms with Crippen molar-refractivity contribution in [1.29, 1.82) is 0 Å². The van der Waals surface area contributed by atoms with Gasteiger partial charge in [0.1, 0.15) is 12.2 Å². The van der Waals surface area contributed by atoms with E-state index in [2.05, 4.69) is 17.4 Å². The lowest BCUT2D eigenvalue weighted by molar-refractivity contribution is -0.170. The summed E-state index contributed by atoms with van der Waals surface area (Å²) in [7, 11) is 0. The van der Waals surface area contributed by atoms with Gasteiger partial charge in [-0.05, 0) is 61.9 Å². The molecule has 8 nitrogen and oxygen atoms in total. The highest BCUT2D eigenvalue weighted by molar-refractivity contribution is 5.96.